The average molecular weight is 686 g/mol. The highest BCUT2D eigenvalue weighted by Crippen LogP contribution is 2.36. The Morgan fingerprint density at radius 1 is 1.03 bits per heavy atom. The number of rotatable bonds is 7. The third-order valence-corrected chi connectivity index (χ3v) is 6.26. The monoisotopic (exact) mass is 685 g/mol. The fourth-order valence-corrected chi connectivity index (χ4v) is 4.19. The van der Waals surface area contributed by atoms with Crippen molar-refractivity contribution < 1.29 is 9.47 Å². The molecule has 0 aliphatic rings. The molecule has 0 aliphatic carbocycles. The molecule has 0 N–H and O–H groups in total. The van der Waals surface area contributed by atoms with E-state index in [2.05, 4.69) is 67.2 Å². The normalized spacial score (nSPS) is 11.1. The Kier molecular flexibility index (Phi) is 8.60. The van der Waals surface area contributed by atoms with E-state index in [-0.39, 0.29) is 0 Å². The van der Waals surface area contributed by atoms with Crippen LogP contribution in [0.4, 0.5) is 0 Å². The van der Waals surface area contributed by atoms with Gasteiger partial charge in [0.15, 0.2) is 11.5 Å². The third-order valence-electron chi connectivity index (χ3n) is 4.21. The molecule has 0 aliphatic heterocycles. The lowest BCUT2D eigenvalue weighted by atomic mass is 10.0. The van der Waals surface area contributed by atoms with Crippen LogP contribution in [0, 0.1) is 18.5 Å². The maximum absolute atomic E-state index is 9.66. The van der Waals surface area contributed by atoms with E-state index in [1.807, 2.05) is 73.7 Å². The number of halogens is 3. The summed E-state index contributed by atoms with van der Waals surface area (Å²) in [6.07, 6.45) is 1.88. The molecule has 0 spiro atoms. The highest BCUT2D eigenvalue weighted by atomic mass is 127. The minimum atomic E-state index is 0.449. The molecule has 0 saturated heterocycles. The Hall–Kier alpha value is -1.57. The van der Waals surface area contributed by atoms with E-state index in [1.165, 1.54) is 0 Å². The quantitative estimate of drug-likeness (QED) is 0.146. The largest absolute Gasteiger partial charge is 0.490 e. The highest BCUT2D eigenvalue weighted by Gasteiger charge is 2.13. The SMILES string of the molecule is CCOc1cc(/C=C(/C#N)c2ccc(I)cc2)cc(I)c1OCc1ccc(Br)cc1. The zero-order valence-electron chi connectivity index (χ0n) is 16.2. The van der Waals surface area contributed by atoms with Gasteiger partial charge in [0.2, 0.25) is 0 Å². The van der Waals surface area contributed by atoms with Gasteiger partial charge in [0.1, 0.15) is 6.61 Å². The molecular weight excluding hydrogens is 668 g/mol. The number of hydrogen-bond acceptors (Lipinski definition) is 3. The second-order valence-electron chi connectivity index (χ2n) is 6.35. The van der Waals surface area contributed by atoms with E-state index in [1.54, 1.807) is 0 Å². The number of allylic oxidation sites excluding steroid dienone is 1. The molecule has 0 atom stereocenters. The minimum absolute atomic E-state index is 0.449. The fourth-order valence-electron chi connectivity index (χ4n) is 2.79. The molecule has 0 amide bonds. The summed E-state index contributed by atoms with van der Waals surface area (Å²) >= 11 is 7.95. The Morgan fingerprint density at radius 3 is 2.37 bits per heavy atom. The predicted octanol–water partition coefficient (Wildman–Crippen LogP) is 7.70. The Morgan fingerprint density at radius 2 is 1.73 bits per heavy atom. The lowest BCUT2D eigenvalue weighted by Gasteiger charge is -2.15. The van der Waals surface area contributed by atoms with Gasteiger partial charge in [-0.1, -0.05) is 40.2 Å². The molecular formula is C24H18BrI2NO2. The Bertz CT molecular complexity index is 1090. The zero-order chi connectivity index (χ0) is 21.5. The van der Waals surface area contributed by atoms with Crippen LogP contribution < -0.4 is 9.47 Å². The molecule has 3 rings (SSSR count). The minimum Gasteiger partial charge on any atom is -0.490 e. The summed E-state index contributed by atoms with van der Waals surface area (Å²) in [4.78, 5) is 0. The van der Waals surface area contributed by atoms with Gasteiger partial charge in [-0.05, 0) is 111 Å². The molecule has 6 heteroatoms. The van der Waals surface area contributed by atoms with Crippen LogP contribution in [0.25, 0.3) is 11.6 Å². The molecule has 0 saturated carbocycles. The summed E-state index contributed by atoms with van der Waals surface area (Å²) in [7, 11) is 0. The molecule has 152 valence electrons. The van der Waals surface area contributed by atoms with E-state index >= 15 is 0 Å². The molecule has 0 bridgehead atoms. The van der Waals surface area contributed by atoms with Gasteiger partial charge in [0, 0.05) is 8.04 Å². The van der Waals surface area contributed by atoms with Crippen LogP contribution in [0.2, 0.25) is 0 Å². The van der Waals surface area contributed by atoms with Crippen molar-refractivity contribution in [2.24, 2.45) is 0 Å². The highest BCUT2D eigenvalue weighted by molar-refractivity contribution is 14.1. The fraction of sp³-hybridized carbons (Fsp3) is 0.125. The van der Waals surface area contributed by atoms with Crippen LogP contribution in [-0.2, 0) is 6.61 Å². The maximum atomic E-state index is 9.66. The van der Waals surface area contributed by atoms with Crippen LogP contribution in [0.3, 0.4) is 0 Å². The number of nitriles is 1. The van der Waals surface area contributed by atoms with E-state index in [0.29, 0.717) is 30.3 Å². The van der Waals surface area contributed by atoms with Crippen molar-refractivity contribution in [3.8, 4) is 17.6 Å². The summed E-state index contributed by atoms with van der Waals surface area (Å²) in [5, 5.41) is 9.66. The molecule has 0 unspecified atom stereocenters. The number of ether oxygens (including phenoxy) is 2. The van der Waals surface area contributed by atoms with Crippen LogP contribution in [0.1, 0.15) is 23.6 Å². The van der Waals surface area contributed by atoms with Gasteiger partial charge in [-0.25, -0.2) is 0 Å². The number of nitrogens with zero attached hydrogens (tertiary/aromatic N) is 1. The predicted molar refractivity (Wildman–Crippen MR) is 141 cm³/mol. The van der Waals surface area contributed by atoms with Gasteiger partial charge in [0.25, 0.3) is 0 Å². The van der Waals surface area contributed by atoms with Gasteiger partial charge in [0.05, 0.1) is 21.8 Å². The van der Waals surface area contributed by atoms with Gasteiger partial charge in [-0.15, -0.1) is 0 Å². The van der Waals surface area contributed by atoms with Crippen molar-refractivity contribution in [1.29, 1.82) is 5.26 Å². The third kappa shape index (κ3) is 6.22. The van der Waals surface area contributed by atoms with Crippen molar-refractivity contribution in [3.63, 3.8) is 0 Å². The van der Waals surface area contributed by atoms with Crippen molar-refractivity contribution in [2.75, 3.05) is 6.61 Å². The number of hydrogen-bond donors (Lipinski definition) is 0. The lowest BCUT2D eigenvalue weighted by Crippen LogP contribution is -2.02. The molecule has 0 radical (unpaired) electrons. The maximum Gasteiger partial charge on any atom is 0.175 e. The first-order valence-corrected chi connectivity index (χ1v) is 12.2. The second kappa shape index (κ2) is 11.2. The molecule has 3 aromatic carbocycles. The first kappa shape index (κ1) is 23.1. The Balaban J connectivity index is 1.90. The van der Waals surface area contributed by atoms with Gasteiger partial charge in [-0.3, -0.25) is 0 Å². The summed E-state index contributed by atoms with van der Waals surface area (Å²) in [6, 6.07) is 22.2. The first-order chi connectivity index (χ1) is 14.5. The summed E-state index contributed by atoms with van der Waals surface area (Å²) in [5.41, 5.74) is 3.47. The molecule has 0 heterocycles. The van der Waals surface area contributed by atoms with Crippen LogP contribution in [0.15, 0.2) is 65.1 Å². The lowest BCUT2D eigenvalue weighted by molar-refractivity contribution is 0.267. The summed E-state index contributed by atoms with van der Waals surface area (Å²) < 4.78 is 15.0. The topological polar surface area (TPSA) is 42.2 Å². The summed E-state index contributed by atoms with van der Waals surface area (Å²) in [5.74, 6) is 1.39. The van der Waals surface area contributed by atoms with Crippen LogP contribution >= 0.6 is 61.1 Å². The molecule has 3 aromatic rings. The average Bonchev–Trinajstić information content (AvgIpc) is 2.73. The van der Waals surface area contributed by atoms with E-state index < -0.39 is 0 Å². The first-order valence-electron chi connectivity index (χ1n) is 9.21. The molecule has 30 heavy (non-hydrogen) atoms. The number of benzene rings is 3. The second-order valence-corrected chi connectivity index (χ2v) is 9.68. The van der Waals surface area contributed by atoms with Gasteiger partial charge in [-0.2, -0.15) is 5.26 Å². The van der Waals surface area contributed by atoms with Crippen molar-refractivity contribution >= 4 is 72.8 Å². The molecule has 0 aromatic heterocycles. The van der Waals surface area contributed by atoms with Crippen molar-refractivity contribution in [3.05, 3.63) is 89.0 Å². The smallest absolute Gasteiger partial charge is 0.175 e. The van der Waals surface area contributed by atoms with Crippen LogP contribution in [-0.4, -0.2) is 6.61 Å². The molecule has 3 nitrogen and oxygen atoms in total. The zero-order valence-corrected chi connectivity index (χ0v) is 22.1. The van der Waals surface area contributed by atoms with Crippen molar-refractivity contribution in [1.82, 2.24) is 0 Å². The van der Waals surface area contributed by atoms with E-state index in [4.69, 9.17) is 9.47 Å². The van der Waals surface area contributed by atoms with Gasteiger partial charge >= 0.3 is 0 Å². The van der Waals surface area contributed by atoms with E-state index in [9.17, 15) is 5.26 Å². The molecule has 0 fully saturated rings. The van der Waals surface area contributed by atoms with E-state index in [0.717, 1.165) is 28.3 Å². The summed E-state index contributed by atoms with van der Waals surface area (Å²) in [6.45, 7) is 2.92. The Labute approximate surface area is 212 Å². The standard InChI is InChI=1S/C24H18BrI2NO2/c1-2-29-23-13-17(11-19(14-28)18-5-9-21(26)10-6-18)12-22(27)24(23)30-15-16-3-7-20(25)8-4-16/h3-13H,2,15H2,1H3/b19-11-. The van der Waals surface area contributed by atoms with Crippen LogP contribution in [0.5, 0.6) is 11.5 Å². The van der Waals surface area contributed by atoms with Crippen molar-refractivity contribution in [2.45, 2.75) is 13.5 Å². The van der Waals surface area contributed by atoms with Gasteiger partial charge < -0.3 is 9.47 Å².